The van der Waals surface area contributed by atoms with Crippen molar-refractivity contribution in [2.75, 3.05) is 18.6 Å². The molecule has 0 aromatic heterocycles. The molecule has 0 fully saturated rings. The molecule has 4 aromatic carbocycles. The lowest BCUT2D eigenvalue weighted by atomic mass is 9.99. The number of benzene rings is 4. The van der Waals surface area contributed by atoms with E-state index >= 15 is 4.57 Å². The van der Waals surface area contributed by atoms with Crippen LogP contribution < -0.4 is 20.2 Å². The normalized spacial score (nSPS) is 15.8. The summed E-state index contributed by atoms with van der Waals surface area (Å²) in [5, 5.41) is 1.76. The second kappa shape index (κ2) is 8.68. The highest BCUT2D eigenvalue weighted by atomic mass is 31.2. The van der Waals surface area contributed by atoms with Gasteiger partial charge in [0.25, 0.3) is 0 Å². The maximum Gasteiger partial charge on any atom is 0.168 e. The fourth-order valence-electron chi connectivity index (χ4n) is 4.71. The first-order valence-electron chi connectivity index (χ1n) is 10.9. The molecular weight excluding hydrogens is 413 g/mol. The van der Waals surface area contributed by atoms with Gasteiger partial charge in [0.15, 0.2) is 7.14 Å². The predicted molar refractivity (Wildman–Crippen MR) is 133 cm³/mol. The van der Waals surface area contributed by atoms with Crippen molar-refractivity contribution in [3.8, 4) is 5.75 Å². The summed E-state index contributed by atoms with van der Waals surface area (Å²) in [6, 6.07) is 36.5. The van der Waals surface area contributed by atoms with Crippen molar-refractivity contribution in [2.24, 2.45) is 0 Å². The second-order valence-corrected chi connectivity index (χ2v) is 10.9. The number of hydrogen-bond acceptors (Lipinski definition) is 3. The summed E-state index contributed by atoms with van der Waals surface area (Å²) in [6.07, 6.45) is 0.919. The average Bonchev–Trinajstić information content (AvgIpc) is 2.88. The van der Waals surface area contributed by atoms with Gasteiger partial charge in [0.2, 0.25) is 0 Å². The molecule has 4 heteroatoms. The summed E-state index contributed by atoms with van der Waals surface area (Å²) in [6.45, 7) is 0.803. The zero-order valence-corrected chi connectivity index (χ0v) is 19.0. The lowest BCUT2D eigenvalue weighted by molar-refractivity contribution is 0.415. The smallest absolute Gasteiger partial charge is 0.168 e. The fraction of sp³-hybridized carbons (Fsp3) is 0.143. The van der Waals surface area contributed by atoms with E-state index in [0.717, 1.165) is 40.6 Å². The minimum absolute atomic E-state index is 0.286. The van der Waals surface area contributed by atoms with Crippen LogP contribution in [0.15, 0.2) is 109 Å². The third-order valence-electron chi connectivity index (χ3n) is 6.28. The van der Waals surface area contributed by atoms with E-state index in [9.17, 15) is 0 Å². The SMILES string of the molecule is COc1ccc(N2CCc3ccccc3C2P(=O)(c2ccccc2)c2ccccc2)cc1. The fourth-order valence-corrected chi connectivity index (χ4v) is 8.09. The van der Waals surface area contributed by atoms with Crippen molar-refractivity contribution < 1.29 is 9.30 Å². The molecule has 0 aliphatic carbocycles. The van der Waals surface area contributed by atoms with Crippen molar-refractivity contribution >= 4 is 23.4 Å². The van der Waals surface area contributed by atoms with E-state index in [1.165, 1.54) is 5.56 Å². The molecular formula is C28H26NO2P. The standard InChI is InChI=1S/C28H26NO2P/c1-31-24-18-16-23(17-19-24)29-21-20-22-10-8-9-15-27(22)28(29)32(30,25-11-4-2-5-12-25)26-13-6-3-7-14-26/h2-19,28H,20-21H2,1H3. The summed E-state index contributed by atoms with van der Waals surface area (Å²) >= 11 is 0. The van der Waals surface area contributed by atoms with E-state index < -0.39 is 7.14 Å². The van der Waals surface area contributed by atoms with Crippen LogP contribution in [-0.2, 0) is 11.0 Å². The van der Waals surface area contributed by atoms with Gasteiger partial charge in [0, 0.05) is 22.8 Å². The van der Waals surface area contributed by atoms with Crippen molar-refractivity contribution in [2.45, 2.75) is 12.2 Å². The monoisotopic (exact) mass is 439 g/mol. The molecule has 1 unspecified atom stereocenters. The second-order valence-electron chi connectivity index (χ2n) is 8.04. The van der Waals surface area contributed by atoms with Crippen molar-refractivity contribution in [3.63, 3.8) is 0 Å². The molecule has 0 N–H and O–H groups in total. The lowest BCUT2D eigenvalue weighted by Crippen LogP contribution is -2.39. The maximum absolute atomic E-state index is 15.4. The van der Waals surface area contributed by atoms with Gasteiger partial charge in [0.05, 0.1) is 7.11 Å². The molecule has 1 heterocycles. The molecule has 4 aromatic rings. The Morgan fingerprint density at radius 1 is 0.750 bits per heavy atom. The Morgan fingerprint density at radius 2 is 1.31 bits per heavy atom. The van der Waals surface area contributed by atoms with Gasteiger partial charge < -0.3 is 14.2 Å². The van der Waals surface area contributed by atoms with Crippen LogP contribution >= 0.6 is 7.14 Å². The molecule has 32 heavy (non-hydrogen) atoms. The molecule has 1 aliphatic heterocycles. The number of methoxy groups -OCH3 is 1. The van der Waals surface area contributed by atoms with Gasteiger partial charge >= 0.3 is 0 Å². The number of hydrogen-bond donors (Lipinski definition) is 0. The van der Waals surface area contributed by atoms with Crippen molar-refractivity contribution in [3.05, 3.63) is 120 Å². The summed E-state index contributed by atoms with van der Waals surface area (Å²) < 4.78 is 20.7. The molecule has 3 nitrogen and oxygen atoms in total. The predicted octanol–water partition coefficient (Wildman–Crippen LogP) is 5.77. The highest BCUT2D eigenvalue weighted by molar-refractivity contribution is 7.79. The van der Waals surface area contributed by atoms with Crippen LogP contribution in [0, 0.1) is 0 Å². The molecule has 0 spiro atoms. The van der Waals surface area contributed by atoms with Crippen LogP contribution in [0.25, 0.3) is 0 Å². The highest BCUT2D eigenvalue weighted by Crippen LogP contribution is 2.61. The van der Waals surface area contributed by atoms with Crippen LogP contribution in [0.5, 0.6) is 5.75 Å². The van der Waals surface area contributed by atoms with Crippen LogP contribution in [0.4, 0.5) is 5.69 Å². The summed E-state index contributed by atoms with van der Waals surface area (Å²) in [7, 11) is -1.40. The molecule has 0 saturated heterocycles. The Kier molecular flexibility index (Phi) is 5.59. The number of anilines is 1. The van der Waals surface area contributed by atoms with Gasteiger partial charge in [-0.25, -0.2) is 0 Å². The average molecular weight is 439 g/mol. The van der Waals surface area contributed by atoms with Crippen LogP contribution in [-0.4, -0.2) is 13.7 Å². The third-order valence-corrected chi connectivity index (χ3v) is 9.65. The van der Waals surface area contributed by atoms with Gasteiger partial charge in [-0.3, -0.25) is 0 Å². The Labute approximate surface area is 189 Å². The third kappa shape index (κ3) is 3.53. The van der Waals surface area contributed by atoms with E-state index in [1.54, 1.807) is 7.11 Å². The van der Waals surface area contributed by atoms with Gasteiger partial charge in [-0.1, -0.05) is 84.9 Å². The first kappa shape index (κ1) is 20.6. The Hall–Kier alpha value is -3.29. The molecule has 0 bridgehead atoms. The highest BCUT2D eigenvalue weighted by Gasteiger charge is 2.44. The minimum Gasteiger partial charge on any atom is -0.497 e. The van der Waals surface area contributed by atoms with Gasteiger partial charge in [-0.15, -0.1) is 0 Å². The van der Waals surface area contributed by atoms with E-state index in [-0.39, 0.29) is 5.78 Å². The Bertz CT molecular complexity index is 1200. The van der Waals surface area contributed by atoms with Crippen LogP contribution in [0.3, 0.4) is 0 Å². The van der Waals surface area contributed by atoms with E-state index in [4.69, 9.17) is 4.74 Å². The van der Waals surface area contributed by atoms with Crippen LogP contribution in [0.1, 0.15) is 16.9 Å². The largest absolute Gasteiger partial charge is 0.497 e. The molecule has 160 valence electrons. The number of nitrogens with zero attached hydrogens (tertiary/aromatic N) is 1. The van der Waals surface area contributed by atoms with Gasteiger partial charge in [0.1, 0.15) is 11.5 Å². The first-order valence-corrected chi connectivity index (χ1v) is 12.7. The van der Waals surface area contributed by atoms with E-state index in [2.05, 4.69) is 41.3 Å². The quantitative estimate of drug-likeness (QED) is 0.370. The number of ether oxygens (including phenoxy) is 1. The topological polar surface area (TPSA) is 29.5 Å². The molecule has 0 radical (unpaired) electrons. The minimum atomic E-state index is -3.08. The van der Waals surface area contributed by atoms with Crippen LogP contribution in [0.2, 0.25) is 0 Å². The van der Waals surface area contributed by atoms with Gasteiger partial charge in [-0.2, -0.15) is 0 Å². The zero-order valence-electron chi connectivity index (χ0n) is 18.1. The van der Waals surface area contributed by atoms with E-state index in [1.807, 2.05) is 72.8 Å². The molecule has 5 rings (SSSR count). The lowest BCUT2D eigenvalue weighted by Gasteiger charge is -2.43. The molecule has 1 atom stereocenters. The molecule has 0 amide bonds. The first-order chi connectivity index (χ1) is 15.7. The maximum atomic E-state index is 15.4. The van der Waals surface area contributed by atoms with Gasteiger partial charge in [-0.05, 0) is 41.8 Å². The Balaban J connectivity index is 1.76. The van der Waals surface area contributed by atoms with E-state index in [0.29, 0.717) is 0 Å². The van der Waals surface area contributed by atoms with Crippen molar-refractivity contribution in [1.82, 2.24) is 0 Å². The molecule has 1 aliphatic rings. The zero-order chi connectivity index (χ0) is 22.0. The number of fused-ring (bicyclic) bond motifs is 1. The number of rotatable bonds is 5. The van der Waals surface area contributed by atoms with Crippen molar-refractivity contribution in [1.29, 1.82) is 0 Å². The Morgan fingerprint density at radius 3 is 1.91 bits per heavy atom. The molecule has 0 saturated carbocycles. The summed E-state index contributed by atoms with van der Waals surface area (Å²) in [5.41, 5.74) is 3.47. The summed E-state index contributed by atoms with van der Waals surface area (Å²) in [4.78, 5) is 2.32. The summed E-state index contributed by atoms with van der Waals surface area (Å²) in [5.74, 6) is 0.530.